The number of hydrogen-bond acceptors (Lipinski definition) is 2. The molecule has 0 amide bonds. The van der Waals surface area contributed by atoms with Crippen LogP contribution in [0.3, 0.4) is 0 Å². The van der Waals surface area contributed by atoms with E-state index < -0.39 is 0 Å². The molecule has 0 atom stereocenters. The third-order valence-corrected chi connectivity index (χ3v) is 2.86. The predicted molar refractivity (Wildman–Crippen MR) is 59.7 cm³/mol. The summed E-state index contributed by atoms with van der Waals surface area (Å²) in [5.41, 5.74) is 10.2. The molecule has 0 aliphatic rings. The molecule has 1 aromatic rings. The van der Waals surface area contributed by atoms with Crippen molar-refractivity contribution in [3.8, 4) is 5.75 Å². The molecule has 78 valence electrons. The molecule has 0 aliphatic carbocycles. The second-order valence-electron chi connectivity index (χ2n) is 3.83. The third-order valence-electron chi connectivity index (χ3n) is 2.86. The summed E-state index contributed by atoms with van der Waals surface area (Å²) in [6, 6.07) is 1.84. The highest BCUT2D eigenvalue weighted by molar-refractivity contribution is 5.47. The van der Waals surface area contributed by atoms with Gasteiger partial charge in [0, 0.05) is 0 Å². The molecule has 0 fully saturated rings. The zero-order valence-corrected chi connectivity index (χ0v) is 9.22. The Morgan fingerprint density at radius 3 is 2.43 bits per heavy atom. The number of aryl methyl sites for hydroxylation is 1. The van der Waals surface area contributed by atoms with Crippen LogP contribution in [0.25, 0.3) is 0 Å². The Kier molecular flexibility index (Phi) is 3.53. The van der Waals surface area contributed by atoms with Gasteiger partial charge in [-0.15, -0.1) is 0 Å². The fraction of sp³-hybridized carbons (Fsp3) is 0.500. The van der Waals surface area contributed by atoms with Gasteiger partial charge >= 0.3 is 0 Å². The predicted octanol–water partition coefficient (Wildman–Crippen LogP) is 2.21. The van der Waals surface area contributed by atoms with E-state index in [0.717, 1.165) is 24.9 Å². The lowest BCUT2D eigenvalue weighted by Gasteiger charge is -2.13. The van der Waals surface area contributed by atoms with E-state index >= 15 is 0 Å². The number of phenolic OH excluding ortho intramolecular Hbond substituents is 1. The maximum absolute atomic E-state index is 9.61. The van der Waals surface area contributed by atoms with E-state index in [9.17, 15) is 5.11 Å². The Balaban J connectivity index is 3.09. The quantitative estimate of drug-likeness (QED) is 0.773. The Morgan fingerprint density at radius 2 is 1.86 bits per heavy atom. The molecular weight excluding hydrogens is 174 g/mol. The summed E-state index contributed by atoms with van der Waals surface area (Å²) in [6.45, 7) is 6.78. The van der Waals surface area contributed by atoms with Crippen LogP contribution >= 0.6 is 0 Å². The summed E-state index contributed by atoms with van der Waals surface area (Å²) in [5.74, 6) is 0.400. The van der Waals surface area contributed by atoms with Crippen LogP contribution in [0.2, 0.25) is 0 Å². The standard InChI is InChI=1S/C12H19NO/c1-8-7-12(14)10(3)9(2)11(8)5-4-6-13/h7,14H,4-6,13H2,1-3H3. The Labute approximate surface area is 85.8 Å². The maximum atomic E-state index is 9.61. The number of rotatable bonds is 3. The van der Waals surface area contributed by atoms with E-state index in [1.165, 1.54) is 16.7 Å². The molecule has 0 saturated heterocycles. The van der Waals surface area contributed by atoms with Crippen LogP contribution < -0.4 is 5.73 Å². The van der Waals surface area contributed by atoms with Crippen LogP contribution in [0, 0.1) is 20.8 Å². The topological polar surface area (TPSA) is 46.2 Å². The number of aromatic hydroxyl groups is 1. The molecule has 0 heterocycles. The van der Waals surface area contributed by atoms with Gasteiger partial charge in [0.15, 0.2) is 0 Å². The van der Waals surface area contributed by atoms with Gasteiger partial charge in [-0.2, -0.15) is 0 Å². The highest BCUT2D eigenvalue weighted by Gasteiger charge is 2.08. The minimum absolute atomic E-state index is 0.400. The maximum Gasteiger partial charge on any atom is 0.119 e. The van der Waals surface area contributed by atoms with Crippen LogP contribution in [-0.4, -0.2) is 11.7 Å². The first kappa shape index (κ1) is 11.1. The Morgan fingerprint density at radius 1 is 1.21 bits per heavy atom. The van der Waals surface area contributed by atoms with Gasteiger partial charge < -0.3 is 10.8 Å². The number of benzene rings is 1. The molecule has 0 aromatic heterocycles. The van der Waals surface area contributed by atoms with Gasteiger partial charge in [0.1, 0.15) is 5.75 Å². The lowest BCUT2D eigenvalue weighted by molar-refractivity contribution is 0.469. The van der Waals surface area contributed by atoms with E-state index in [4.69, 9.17) is 5.73 Å². The smallest absolute Gasteiger partial charge is 0.119 e. The summed E-state index contributed by atoms with van der Waals surface area (Å²) in [5, 5.41) is 9.61. The van der Waals surface area contributed by atoms with Crippen molar-refractivity contribution in [2.45, 2.75) is 33.6 Å². The SMILES string of the molecule is Cc1cc(O)c(C)c(C)c1CCCN. The van der Waals surface area contributed by atoms with Crippen molar-refractivity contribution in [3.63, 3.8) is 0 Å². The number of hydrogen-bond donors (Lipinski definition) is 2. The van der Waals surface area contributed by atoms with Crippen molar-refractivity contribution in [3.05, 3.63) is 28.3 Å². The second-order valence-corrected chi connectivity index (χ2v) is 3.83. The van der Waals surface area contributed by atoms with Crippen molar-refractivity contribution in [1.29, 1.82) is 0 Å². The summed E-state index contributed by atoms with van der Waals surface area (Å²) >= 11 is 0. The van der Waals surface area contributed by atoms with E-state index in [1.54, 1.807) is 0 Å². The van der Waals surface area contributed by atoms with Crippen LogP contribution in [-0.2, 0) is 6.42 Å². The number of phenols is 1. The molecule has 0 aliphatic heterocycles. The largest absolute Gasteiger partial charge is 0.508 e. The second kappa shape index (κ2) is 4.47. The normalized spacial score (nSPS) is 10.6. The molecule has 0 spiro atoms. The first-order valence-electron chi connectivity index (χ1n) is 5.06. The minimum atomic E-state index is 0.400. The molecule has 1 rings (SSSR count). The molecule has 3 N–H and O–H groups in total. The summed E-state index contributed by atoms with van der Waals surface area (Å²) in [6.07, 6.45) is 2.02. The van der Waals surface area contributed by atoms with Crippen molar-refractivity contribution >= 4 is 0 Å². The zero-order chi connectivity index (χ0) is 10.7. The molecule has 0 radical (unpaired) electrons. The molecule has 1 aromatic carbocycles. The van der Waals surface area contributed by atoms with Gasteiger partial charge in [-0.3, -0.25) is 0 Å². The molecule has 0 bridgehead atoms. The van der Waals surface area contributed by atoms with Gasteiger partial charge in [-0.1, -0.05) is 0 Å². The minimum Gasteiger partial charge on any atom is -0.508 e. The highest BCUT2D eigenvalue weighted by Crippen LogP contribution is 2.27. The van der Waals surface area contributed by atoms with E-state index in [0.29, 0.717) is 5.75 Å². The fourth-order valence-electron chi connectivity index (χ4n) is 1.78. The average molecular weight is 193 g/mol. The molecule has 14 heavy (non-hydrogen) atoms. The molecule has 2 nitrogen and oxygen atoms in total. The lowest BCUT2D eigenvalue weighted by Crippen LogP contribution is -2.03. The fourth-order valence-corrected chi connectivity index (χ4v) is 1.78. The Bertz CT molecular complexity index is 332. The van der Waals surface area contributed by atoms with Crippen molar-refractivity contribution in [1.82, 2.24) is 0 Å². The van der Waals surface area contributed by atoms with Gasteiger partial charge in [-0.05, 0) is 68.5 Å². The zero-order valence-electron chi connectivity index (χ0n) is 9.22. The summed E-state index contributed by atoms with van der Waals surface area (Å²) < 4.78 is 0. The first-order valence-corrected chi connectivity index (χ1v) is 5.06. The van der Waals surface area contributed by atoms with Gasteiger partial charge in [-0.25, -0.2) is 0 Å². The van der Waals surface area contributed by atoms with E-state index in [-0.39, 0.29) is 0 Å². The van der Waals surface area contributed by atoms with Crippen LogP contribution in [0.5, 0.6) is 5.75 Å². The number of nitrogens with two attached hydrogens (primary N) is 1. The summed E-state index contributed by atoms with van der Waals surface area (Å²) in [7, 11) is 0. The monoisotopic (exact) mass is 193 g/mol. The Hall–Kier alpha value is -1.02. The molecule has 0 unspecified atom stereocenters. The van der Waals surface area contributed by atoms with Gasteiger partial charge in [0.25, 0.3) is 0 Å². The van der Waals surface area contributed by atoms with Gasteiger partial charge in [0.05, 0.1) is 0 Å². The average Bonchev–Trinajstić information content (AvgIpc) is 2.14. The highest BCUT2D eigenvalue weighted by atomic mass is 16.3. The van der Waals surface area contributed by atoms with Crippen LogP contribution in [0.15, 0.2) is 6.07 Å². The van der Waals surface area contributed by atoms with Crippen molar-refractivity contribution < 1.29 is 5.11 Å². The molecule has 2 heteroatoms. The van der Waals surface area contributed by atoms with E-state index in [2.05, 4.69) is 6.92 Å². The van der Waals surface area contributed by atoms with Crippen molar-refractivity contribution in [2.24, 2.45) is 5.73 Å². The van der Waals surface area contributed by atoms with Crippen LogP contribution in [0.1, 0.15) is 28.7 Å². The molecule has 0 saturated carbocycles. The lowest BCUT2D eigenvalue weighted by atomic mass is 9.94. The van der Waals surface area contributed by atoms with Gasteiger partial charge in [0.2, 0.25) is 0 Å². The molecular formula is C12H19NO. The van der Waals surface area contributed by atoms with E-state index in [1.807, 2.05) is 19.9 Å². The van der Waals surface area contributed by atoms with Crippen LogP contribution in [0.4, 0.5) is 0 Å². The third kappa shape index (κ3) is 2.07. The van der Waals surface area contributed by atoms with Crippen molar-refractivity contribution in [2.75, 3.05) is 6.54 Å². The summed E-state index contributed by atoms with van der Waals surface area (Å²) in [4.78, 5) is 0. The first-order chi connectivity index (χ1) is 6.57.